The maximum Gasteiger partial charge on any atom is 0.265 e. The highest BCUT2D eigenvalue weighted by Gasteiger charge is 2.22. The van der Waals surface area contributed by atoms with Crippen molar-refractivity contribution >= 4 is 43.4 Å². The molecule has 1 N–H and O–H groups in total. The van der Waals surface area contributed by atoms with Gasteiger partial charge in [-0.15, -0.1) is 0 Å². The van der Waals surface area contributed by atoms with Gasteiger partial charge in [0.2, 0.25) is 0 Å². The number of aryl methyl sites for hydroxylation is 1. The molecule has 0 unspecified atom stereocenters. The predicted molar refractivity (Wildman–Crippen MR) is 78.9 cm³/mol. The highest BCUT2D eigenvalue weighted by atomic mass is 79.9. The molecule has 19 heavy (non-hydrogen) atoms. The second kappa shape index (κ2) is 5.48. The van der Waals surface area contributed by atoms with Crippen LogP contribution in [-0.2, 0) is 10.0 Å². The number of benzene rings is 1. The molecule has 0 aliphatic rings. The lowest BCUT2D eigenvalue weighted by atomic mass is 10.3. The zero-order chi connectivity index (χ0) is 14.0. The number of hydrogen-bond acceptors (Lipinski definition) is 3. The molecule has 100 valence electrons. The smallest absolute Gasteiger partial charge is 0.263 e. The molecule has 1 heterocycles. The Kier molecular flexibility index (Phi) is 4.13. The van der Waals surface area contributed by atoms with Crippen molar-refractivity contribution in [3.63, 3.8) is 0 Å². The van der Waals surface area contributed by atoms with E-state index in [1.807, 2.05) is 0 Å². The summed E-state index contributed by atoms with van der Waals surface area (Å²) in [4.78, 5) is 4.00. The highest BCUT2D eigenvalue weighted by molar-refractivity contribution is 9.10. The molecule has 0 amide bonds. The van der Waals surface area contributed by atoms with Gasteiger partial charge in [-0.1, -0.05) is 23.7 Å². The maximum absolute atomic E-state index is 12.3. The van der Waals surface area contributed by atoms with Crippen molar-refractivity contribution in [3.05, 3.63) is 51.6 Å². The van der Waals surface area contributed by atoms with Crippen LogP contribution in [0.15, 0.2) is 45.9 Å². The number of aromatic nitrogens is 1. The molecule has 0 fully saturated rings. The summed E-state index contributed by atoms with van der Waals surface area (Å²) in [6.07, 6.45) is 1.52. The van der Waals surface area contributed by atoms with E-state index >= 15 is 0 Å². The average Bonchev–Trinajstić information content (AvgIpc) is 2.31. The molecule has 0 saturated carbocycles. The predicted octanol–water partition coefficient (Wildman–Crippen LogP) is 3.61. The van der Waals surface area contributed by atoms with Crippen molar-refractivity contribution in [1.82, 2.24) is 4.98 Å². The van der Waals surface area contributed by atoms with Gasteiger partial charge in [0.05, 0.1) is 5.02 Å². The maximum atomic E-state index is 12.3. The van der Waals surface area contributed by atoms with Crippen LogP contribution >= 0.6 is 27.5 Å². The molecular formula is C12H10BrClN2O2S. The third-order valence-electron chi connectivity index (χ3n) is 2.43. The molecule has 2 rings (SSSR count). The minimum Gasteiger partial charge on any atom is -0.263 e. The summed E-state index contributed by atoms with van der Waals surface area (Å²) in [6.45, 7) is 1.77. The first kappa shape index (κ1) is 14.3. The first-order valence-corrected chi connectivity index (χ1v) is 7.95. The molecule has 4 nitrogen and oxygen atoms in total. The van der Waals surface area contributed by atoms with E-state index in [1.165, 1.54) is 12.3 Å². The molecule has 0 aliphatic heterocycles. The Labute approximate surface area is 125 Å². The molecule has 7 heteroatoms. The van der Waals surface area contributed by atoms with Crippen molar-refractivity contribution in [3.8, 4) is 0 Å². The van der Waals surface area contributed by atoms with E-state index < -0.39 is 10.0 Å². The van der Waals surface area contributed by atoms with Gasteiger partial charge in [-0.2, -0.15) is 0 Å². The third kappa shape index (κ3) is 3.08. The van der Waals surface area contributed by atoms with E-state index in [0.717, 1.165) is 5.56 Å². The minimum atomic E-state index is -3.79. The Balaban J connectivity index is 2.47. The number of halogens is 2. The van der Waals surface area contributed by atoms with E-state index in [4.69, 9.17) is 11.6 Å². The van der Waals surface area contributed by atoms with Crippen LogP contribution in [0.25, 0.3) is 0 Å². The standard InChI is InChI=1S/C12H10BrClN2O2S/c1-8-4-3-7-15-12(8)16-19(17,18)11-9(13)5-2-6-10(11)14/h2-7H,1H3,(H,15,16). The van der Waals surface area contributed by atoms with Crippen molar-refractivity contribution in [1.29, 1.82) is 0 Å². The molecule has 0 radical (unpaired) electrons. The van der Waals surface area contributed by atoms with Crippen molar-refractivity contribution in [2.24, 2.45) is 0 Å². The monoisotopic (exact) mass is 360 g/mol. The molecule has 0 spiro atoms. The second-order valence-corrected chi connectivity index (χ2v) is 6.71. The lowest BCUT2D eigenvalue weighted by Crippen LogP contribution is -2.15. The zero-order valence-corrected chi connectivity index (χ0v) is 13.1. The van der Waals surface area contributed by atoms with Gasteiger partial charge in [0.25, 0.3) is 10.0 Å². The van der Waals surface area contributed by atoms with Gasteiger partial charge >= 0.3 is 0 Å². The molecule has 1 aromatic carbocycles. The number of hydrogen-bond donors (Lipinski definition) is 1. The fourth-order valence-electron chi connectivity index (χ4n) is 1.51. The van der Waals surface area contributed by atoms with Crippen LogP contribution in [-0.4, -0.2) is 13.4 Å². The Hall–Kier alpha value is -1.11. The molecular weight excluding hydrogens is 352 g/mol. The fourth-order valence-corrected chi connectivity index (χ4v) is 4.33. The summed E-state index contributed by atoms with van der Waals surface area (Å²) in [5.41, 5.74) is 0.731. The van der Waals surface area contributed by atoms with Gasteiger partial charge in [-0.05, 0) is 46.6 Å². The second-order valence-electron chi connectivity index (χ2n) is 3.83. The molecule has 0 saturated heterocycles. The Morgan fingerprint density at radius 3 is 2.63 bits per heavy atom. The third-order valence-corrected chi connectivity index (χ3v) is 5.22. The van der Waals surface area contributed by atoms with Crippen molar-refractivity contribution in [2.45, 2.75) is 11.8 Å². The largest absolute Gasteiger partial charge is 0.265 e. The number of nitrogens with zero attached hydrogens (tertiary/aromatic N) is 1. The number of anilines is 1. The van der Waals surface area contributed by atoms with Crippen molar-refractivity contribution < 1.29 is 8.42 Å². The van der Waals surface area contributed by atoms with Crippen LogP contribution in [0.4, 0.5) is 5.82 Å². The molecule has 0 bridgehead atoms. The van der Waals surface area contributed by atoms with Crippen LogP contribution in [0.5, 0.6) is 0 Å². The summed E-state index contributed by atoms with van der Waals surface area (Å²) in [5.74, 6) is 0.286. The summed E-state index contributed by atoms with van der Waals surface area (Å²) < 4.78 is 27.5. The number of pyridine rings is 1. The lowest BCUT2D eigenvalue weighted by molar-refractivity contribution is 0.600. The molecule has 1 aromatic heterocycles. The van der Waals surface area contributed by atoms with Crippen LogP contribution in [0.2, 0.25) is 5.02 Å². The Morgan fingerprint density at radius 1 is 1.26 bits per heavy atom. The SMILES string of the molecule is Cc1cccnc1NS(=O)(=O)c1c(Cl)cccc1Br. The number of rotatable bonds is 3. The zero-order valence-electron chi connectivity index (χ0n) is 9.89. The van der Waals surface area contributed by atoms with Crippen molar-refractivity contribution in [2.75, 3.05) is 4.72 Å². The van der Waals surface area contributed by atoms with Crippen LogP contribution in [0.3, 0.4) is 0 Å². The summed E-state index contributed by atoms with van der Waals surface area (Å²) in [5, 5.41) is 0.149. The van der Waals surface area contributed by atoms with Gasteiger partial charge in [0.15, 0.2) is 0 Å². The summed E-state index contributed by atoms with van der Waals surface area (Å²) in [7, 11) is -3.79. The molecule has 0 atom stereocenters. The van der Waals surface area contributed by atoms with E-state index in [-0.39, 0.29) is 15.7 Å². The van der Waals surface area contributed by atoms with Crippen LogP contribution in [0.1, 0.15) is 5.56 Å². The molecule has 0 aliphatic carbocycles. The lowest BCUT2D eigenvalue weighted by Gasteiger charge is -2.11. The number of sulfonamides is 1. The van der Waals surface area contributed by atoms with Crippen LogP contribution < -0.4 is 4.72 Å². The summed E-state index contributed by atoms with van der Waals surface area (Å²) >= 11 is 9.14. The van der Waals surface area contributed by atoms with E-state index in [9.17, 15) is 8.42 Å². The normalized spacial score (nSPS) is 11.3. The average molecular weight is 362 g/mol. The highest BCUT2D eigenvalue weighted by Crippen LogP contribution is 2.30. The quantitative estimate of drug-likeness (QED) is 0.908. The van der Waals surface area contributed by atoms with Gasteiger partial charge in [-0.25, -0.2) is 13.4 Å². The fraction of sp³-hybridized carbons (Fsp3) is 0.0833. The molecule has 2 aromatic rings. The van der Waals surface area contributed by atoms with Gasteiger partial charge < -0.3 is 0 Å². The van der Waals surface area contributed by atoms with Gasteiger partial charge in [0, 0.05) is 10.7 Å². The first-order chi connectivity index (χ1) is 8.92. The van der Waals surface area contributed by atoms with E-state index in [0.29, 0.717) is 4.47 Å². The van der Waals surface area contributed by atoms with E-state index in [2.05, 4.69) is 25.6 Å². The van der Waals surface area contributed by atoms with Gasteiger partial charge in [0.1, 0.15) is 10.7 Å². The Morgan fingerprint density at radius 2 is 2.00 bits per heavy atom. The van der Waals surface area contributed by atoms with Crippen LogP contribution in [0, 0.1) is 6.92 Å². The first-order valence-electron chi connectivity index (χ1n) is 5.30. The Bertz CT molecular complexity index is 699. The summed E-state index contributed by atoms with van der Waals surface area (Å²) in [6, 6.07) is 8.31. The number of nitrogens with one attached hydrogen (secondary N) is 1. The topological polar surface area (TPSA) is 59.1 Å². The van der Waals surface area contributed by atoms with E-state index in [1.54, 1.807) is 31.2 Å². The minimum absolute atomic E-state index is 0.00159. The van der Waals surface area contributed by atoms with Gasteiger partial charge in [-0.3, -0.25) is 4.72 Å².